The van der Waals surface area contributed by atoms with Crippen LogP contribution in [0.25, 0.3) is 0 Å². The monoisotopic (exact) mass is 444 g/mol. The molecule has 0 unspecified atom stereocenters. The van der Waals surface area contributed by atoms with E-state index in [-0.39, 0.29) is 30.8 Å². The van der Waals surface area contributed by atoms with E-state index < -0.39 is 21.1 Å². The van der Waals surface area contributed by atoms with Gasteiger partial charge in [0.15, 0.2) is 9.84 Å². The molecular formula is C17H21BrN2O5S. The van der Waals surface area contributed by atoms with Crippen molar-refractivity contribution in [3.05, 3.63) is 67.4 Å². The molecule has 142 valence electrons. The van der Waals surface area contributed by atoms with Gasteiger partial charge in [-0.15, -0.1) is 0 Å². The minimum atomic E-state index is -3.22. The van der Waals surface area contributed by atoms with E-state index in [1.807, 2.05) is 31.2 Å². The van der Waals surface area contributed by atoms with E-state index in [1.54, 1.807) is 0 Å². The molecule has 1 heterocycles. The Hall–Kier alpha value is -1.71. The minimum Gasteiger partial charge on any atom is -0.361 e. The number of nitrogens with zero attached hydrogens (tertiary/aromatic N) is 1. The van der Waals surface area contributed by atoms with Crippen molar-refractivity contribution in [1.29, 1.82) is 0 Å². The fourth-order valence-electron chi connectivity index (χ4n) is 2.52. The molecule has 0 saturated heterocycles. The van der Waals surface area contributed by atoms with Crippen LogP contribution in [-0.2, 0) is 21.3 Å². The number of aromatic nitrogens is 2. The third-order valence-corrected chi connectivity index (χ3v) is 6.45. The predicted octanol–water partition coefficient (Wildman–Crippen LogP) is 1.88. The van der Waals surface area contributed by atoms with Crippen LogP contribution in [0.3, 0.4) is 0 Å². The van der Waals surface area contributed by atoms with Gasteiger partial charge in [-0.1, -0.05) is 41.1 Å². The van der Waals surface area contributed by atoms with Crippen LogP contribution in [0.1, 0.15) is 24.8 Å². The summed E-state index contributed by atoms with van der Waals surface area (Å²) in [5.74, 6) is -0.0340. The number of aromatic amines is 1. The first-order valence-corrected chi connectivity index (χ1v) is 10.7. The molecular weight excluding hydrogens is 424 g/mol. The number of rotatable bonds is 9. The lowest BCUT2D eigenvalue weighted by Gasteiger charge is -2.14. The Morgan fingerprint density at radius 3 is 2.65 bits per heavy atom. The summed E-state index contributed by atoms with van der Waals surface area (Å²) in [5, 5.41) is 0. The maximum atomic E-state index is 12.3. The lowest BCUT2D eigenvalue weighted by Crippen LogP contribution is -2.29. The number of nitrogens with one attached hydrogen (secondary N) is 1. The molecule has 0 fully saturated rings. The maximum Gasteiger partial charge on any atom is 0.330 e. The van der Waals surface area contributed by atoms with Crippen LogP contribution >= 0.6 is 15.9 Å². The molecule has 0 bridgehead atoms. The van der Waals surface area contributed by atoms with Crippen molar-refractivity contribution in [2.75, 3.05) is 18.1 Å². The summed E-state index contributed by atoms with van der Waals surface area (Å²) in [6.45, 7) is 2.05. The second-order valence-electron chi connectivity index (χ2n) is 6.01. The van der Waals surface area contributed by atoms with Gasteiger partial charge in [0.2, 0.25) is 0 Å². The second kappa shape index (κ2) is 9.29. The molecule has 1 atom stereocenters. The number of hydrogen-bond acceptors (Lipinski definition) is 5. The largest absolute Gasteiger partial charge is 0.361 e. The molecule has 2 aromatic rings. The molecule has 26 heavy (non-hydrogen) atoms. The first-order valence-electron chi connectivity index (χ1n) is 8.11. The van der Waals surface area contributed by atoms with Gasteiger partial charge in [0.05, 0.1) is 11.5 Å². The van der Waals surface area contributed by atoms with Crippen molar-refractivity contribution in [1.82, 2.24) is 9.55 Å². The zero-order valence-electron chi connectivity index (χ0n) is 14.4. The van der Waals surface area contributed by atoms with E-state index in [0.29, 0.717) is 6.42 Å². The van der Waals surface area contributed by atoms with Gasteiger partial charge < -0.3 is 4.74 Å². The lowest BCUT2D eigenvalue weighted by molar-refractivity contribution is 0.0745. The molecule has 2 rings (SSSR count). The van der Waals surface area contributed by atoms with E-state index in [4.69, 9.17) is 4.74 Å². The van der Waals surface area contributed by atoms with Crippen LogP contribution in [0.2, 0.25) is 0 Å². The summed E-state index contributed by atoms with van der Waals surface area (Å²) in [4.78, 5) is 24.6. The third-order valence-electron chi connectivity index (χ3n) is 3.81. The van der Waals surface area contributed by atoms with E-state index in [0.717, 1.165) is 10.0 Å². The Balaban J connectivity index is 1.78. The van der Waals surface area contributed by atoms with Gasteiger partial charge in [-0.3, -0.25) is 14.3 Å². The predicted molar refractivity (Wildman–Crippen MR) is 103 cm³/mol. The van der Waals surface area contributed by atoms with Gasteiger partial charge in [-0.05, 0) is 24.0 Å². The average Bonchev–Trinajstić information content (AvgIpc) is 2.56. The van der Waals surface area contributed by atoms with Crippen LogP contribution in [0.5, 0.6) is 0 Å². The minimum absolute atomic E-state index is 0.0162. The third kappa shape index (κ3) is 6.22. The van der Waals surface area contributed by atoms with Gasteiger partial charge in [0, 0.05) is 23.3 Å². The van der Waals surface area contributed by atoms with Crippen molar-refractivity contribution in [2.45, 2.75) is 26.0 Å². The summed E-state index contributed by atoms with van der Waals surface area (Å²) in [5.41, 5.74) is -0.0753. The van der Waals surface area contributed by atoms with Gasteiger partial charge in [0.1, 0.15) is 6.73 Å². The van der Waals surface area contributed by atoms with E-state index in [2.05, 4.69) is 20.9 Å². The number of ether oxygens (including phenoxy) is 1. The van der Waals surface area contributed by atoms with E-state index >= 15 is 0 Å². The Kier molecular flexibility index (Phi) is 7.36. The highest BCUT2D eigenvalue weighted by Crippen LogP contribution is 2.25. The highest BCUT2D eigenvalue weighted by molar-refractivity contribution is 9.10. The number of benzene rings is 1. The standard InChI is InChI=1S/C17H21BrN2O5S/c1-13(14-5-2-3-6-15(14)18)11-26(23,24)10-4-9-25-12-20-8-7-16(21)19-17(20)22/h2-3,5-8,13H,4,9-12H2,1H3,(H,19,21,22)/t13-/m0/s1. The van der Waals surface area contributed by atoms with Crippen molar-refractivity contribution in [2.24, 2.45) is 0 Å². The zero-order chi connectivity index (χ0) is 19.2. The first kappa shape index (κ1) is 20.6. The topological polar surface area (TPSA) is 98.2 Å². The molecule has 0 radical (unpaired) electrons. The molecule has 0 spiro atoms. The van der Waals surface area contributed by atoms with Crippen molar-refractivity contribution in [3.8, 4) is 0 Å². The van der Waals surface area contributed by atoms with Crippen molar-refractivity contribution >= 4 is 25.8 Å². The number of hydrogen-bond donors (Lipinski definition) is 1. The average molecular weight is 445 g/mol. The van der Waals surface area contributed by atoms with Gasteiger partial charge >= 0.3 is 5.69 Å². The maximum absolute atomic E-state index is 12.3. The Bertz CT molecular complexity index is 952. The molecule has 0 amide bonds. The summed E-state index contributed by atoms with van der Waals surface area (Å²) < 4.78 is 32.0. The van der Waals surface area contributed by atoms with Gasteiger partial charge in [0.25, 0.3) is 5.56 Å². The summed E-state index contributed by atoms with van der Waals surface area (Å²) >= 11 is 3.45. The fourth-order valence-corrected chi connectivity index (χ4v) is 4.86. The number of halogens is 1. The highest BCUT2D eigenvalue weighted by Gasteiger charge is 2.18. The van der Waals surface area contributed by atoms with Crippen LogP contribution in [0.15, 0.2) is 50.6 Å². The smallest absolute Gasteiger partial charge is 0.330 e. The summed E-state index contributed by atoms with van der Waals surface area (Å²) in [7, 11) is -3.22. The van der Waals surface area contributed by atoms with Gasteiger partial charge in [-0.2, -0.15) is 0 Å². The lowest BCUT2D eigenvalue weighted by atomic mass is 10.0. The fraction of sp³-hybridized carbons (Fsp3) is 0.412. The molecule has 1 N–H and O–H groups in total. The molecule has 1 aromatic carbocycles. The second-order valence-corrected chi connectivity index (χ2v) is 9.09. The molecule has 0 aliphatic rings. The Morgan fingerprint density at radius 2 is 1.96 bits per heavy atom. The quantitative estimate of drug-likeness (QED) is 0.595. The van der Waals surface area contributed by atoms with Gasteiger partial charge in [-0.25, -0.2) is 13.2 Å². The summed E-state index contributed by atoms with van der Waals surface area (Å²) in [6, 6.07) is 8.80. The normalized spacial score (nSPS) is 12.8. The van der Waals surface area contributed by atoms with Crippen molar-refractivity contribution < 1.29 is 13.2 Å². The van der Waals surface area contributed by atoms with Crippen LogP contribution in [0, 0.1) is 0 Å². The van der Waals surface area contributed by atoms with Crippen LogP contribution in [0.4, 0.5) is 0 Å². The molecule has 0 saturated carbocycles. The van der Waals surface area contributed by atoms with E-state index in [9.17, 15) is 18.0 Å². The molecule has 1 aromatic heterocycles. The van der Waals surface area contributed by atoms with Crippen LogP contribution in [-0.4, -0.2) is 36.1 Å². The van der Waals surface area contributed by atoms with Crippen LogP contribution < -0.4 is 11.2 Å². The Labute approximate surface area is 160 Å². The Morgan fingerprint density at radius 1 is 1.23 bits per heavy atom. The molecule has 9 heteroatoms. The van der Waals surface area contributed by atoms with E-state index in [1.165, 1.54) is 16.8 Å². The highest BCUT2D eigenvalue weighted by atomic mass is 79.9. The molecule has 0 aliphatic carbocycles. The first-order chi connectivity index (χ1) is 12.3. The summed E-state index contributed by atoms with van der Waals surface area (Å²) in [6.07, 6.45) is 1.67. The zero-order valence-corrected chi connectivity index (χ0v) is 16.8. The number of H-pyrrole nitrogens is 1. The van der Waals surface area contributed by atoms with Crippen molar-refractivity contribution in [3.63, 3.8) is 0 Å². The SMILES string of the molecule is C[C@@H](CS(=O)(=O)CCCOCn1ccc(=O)[nH]c1=O)c1ccccc1Br. The molecule has 0 aliphatic heterocycles. The number of sulfone groups is 1. The molecule has 7 nitrogen and oxygen atoms in total.